The van der Waals surface area contributed by atoms with E-state index < -0.39 is 0 Å². The topological polar surface area (TPSA) is 79.1 Å². The highest BCUT2D eigenvalue weighted by atomic mass is 15.2. The van der Waals surface area contributed by atoms with E-state index in [1.807, 2.05) is 13.1 Å². The summed E-state index contributed by atoms with van der Waals surface area (Å²) >= 11 is 0. The van der Waals surface area contributed by atoms with Crippen molar-refractivity contribution >= 4 is 11.6 Å². The molecule has 2 rings (SSSR count). The number of rotatable bonds is 5. The molecule has 1 aliphatic rings. The number of nitrogens with two attached hydrogens (primary N) is 1. The number of piperidine rings is 1. The van der Waals surface area contributed by atoms with Crippen LogP contribution >= 0.6 is 0 Å². The lowest BCUT2D eigenvalue weighted by molar-refractivity contribution is 0.224. The predicted molar refractivity (Wildman–Crippen MR) is 73.7 cm³/mol. The molecule has 1 saturated heterocycles. The molecule has 0 amide bonds. The summed E-state index contributed by atoms with van der Waals surface area (Å²) in [4.78, 5) is 10.8. The van der Waals surface area contributed by atoms with Crippen LogP contribution in [0.4, 0.5) is 11.6 Å². The molecule has 100 valence electrons. The second-order valence-electron chi connectivity index (χ2n) is 4.59. The molecule has 0 aliphatic carbocycles. The fourth-order valence-electron chi connectivity index (χ4n) is 2.27. The minimum atomic E-state index is 0.499. The zero-order chi connectivity index (χ0) is 12.8. The maximum atomic E-state index is 5.57. The Bertz CT molecular complexity index is 361. The van der Waals surface area contributed by atoms with Crippen molar-refractivity contribution in [2.45, 2.75) is 18.9 Å². The summed E-state index contributed by atoms with van der Waals surface area (Å²) in [5.41, 5.74) is 5.57. The average Bonchev–Trinajstić information content (AvgIpc) is 2.42. The highest BCUT2D eigenvalue weighted by Crippen LogP contribution is 2.16. The quantitative estimate of drug-likeness (QED) is 0.700. The Morgan fingerprint density at radius 1 is 1.33 bits per heavy atom. The zero-order valence-electron chi connectivity index (χ0n) is 10.9. The van der Waals surface area contributed by atoms with Crippen molar-refractivity contribution in [2.75, 3.05) is 43.9 Å². The van der Waals surface area contributed by atoms with Crippen molar-refractivity contribution in [3.05, 3.63) is 12.4 Å². The Morgan fingerprint density at radius 3 is 2.72 bits per heavy atom. The maximum Gasteiger partial charge on any atom is 0.131 e. The zero-order valence-corrected chi connectivity index (χ0v) is 10.9. The van der Waals surface area contributed by atoms with Crippen LogP contribution in [-0.2, 0) is 0 Å². The van der Waals surface area contributed by atoms with Gasteiger partial charge in [0, 0.05) is 45.3 Å². The molecule has 0 saturated carbocycles. The second-order valence-corrected chi connectivity index (χ2v) is 4.59. The Kier molecular flexibility index (Phi) is 4.72. The molecule has 1 fully saturated rings. The van der Waals surface area contributed by atoms with E-state index >= 15 is 0 Å². The Balaban J connectivity index is 1.83. The fraction of sp³-hybridized carbons (Fsp3) is 0.667. The van der Waals surface area contributed by atoms with Gasteiger partial charge in [-0.1, -0.05) is 0 Å². The van der Waals surface area contributed by atoms with Crippen molar-refractivity contribution < 1.29 is 0 Å². The molecular formula is C12H22N6. The number of aromatic nitrogens is 2. The predicted octanol–water partition coefficient (Wildman–Crippen LogP) is 0.353. The molecule has 1 aromatic rings. The number of hydrogen-bond donors (Lipinski definition) is 3. The maximum absolute atomic E-state index is 5.57. The molecule has 0 radical (unpaired) electrons. The minimum absolute atomic E-state index is 0.499. The average molecular weight is 250 g/mol. The van der Waals surface area contributed by atoms with Crippen LogP contribution in [0.5, 0.6) is 0 Å². The van der Waals surface area contributed by atoms with E-state index in [-0.39, 0.29) is 0 Å². The van der Waals surface area contributed by atoms with Gasteiger partial charge in [0.25, 0.3) is 0 Å². The first-order valence-electron chi connectivity index (χ1n) is 6.50. The third kappa shape index (κ3) is 3.54. The van der Waals surface area contributed by atoms with Crippen LogP contribution in [-0.4, -0.2) is 54.1 Å². The Hall–Kier alpha value is -1.40. The second kappa shape index (κ2) is 6.51. The standard InChI is InChI=1S/C12H22N6/c1-14-11-8-12(16-9-15-11)17-10-2-5-18(6-3-10)7-4-13/h8-10H,2-7,13H2,1H3,(H2,14,15,16,17). The van der Waals surface area contributed by atoms with Crippen LogP contribution in [0.1, 0.15) is 12.8 Å². The van der Waals surface area contributed by atoms with Crippen molar-refractivity contribution in [3.63, 3.8) is 0 Å². The summed E-state index contributed by atoms with van der Waals surface area (Å²) in [6.45, 7) is 3.97. The van der Waals surface area contributed by atoms with Crippen molar-refractivity contribution in [3.8, 4) is 0 Å². The molecule has 2 heterocycles. The first-order chi connectivity index (χ1) is 8.81. The van der Waals surface area contributed by atoms with Crippen LogP contribution in [0.3, 0.4) is 0 Å². The van der Waals surface area contributed by atoms with Gasteiger partial charge in [-0.05, 0) is 12.8 Å². The number of hydrogen-bond acceptors (Lipinski definition) is 6. The summed E-state index contributed by atoms with van der Waals surface area (Å²) in [7, 11) is 1.86. The van der Waals surface area contributed by atoms with E-state index in [4.69, 9.17) is 5.73 Å². The smallest absolute Gasteiger partial charge is 0.131 e. The van der Waals surface area contributed by atoms with Gasteiger partial charge in [0.1, 0.15) is 18.0 Å². The van der Waals surface area contributed by atoms with Crippen LogP contribution in [0.15, 0.2) is 12.4 Å². The minimum Gasteiger partial charge on any atom is -0.373 e. The first-order valence-corrected chi connectivity index (χ1v) is 6.50. The van der Waals surface area contributed by atoms with E-state index in [1.165, 1.54) is 0 Å². The lowest BCUT2D eigenvalue weighted by Gasteiger charge is -2.32. The van der Waals surface area contributed by atoms with Crippen LogP contribution in [0.25, 0.3) is 0 Å². The number of likely N-dealkylation sites (tertiary alicyclic amines) is 1. The lowest BCUT2D eigenvalue weighted by atomic mass is 10.1. The fourth-order valence-corrected chi connectivity index (χ4v) is 2.27. The SMILES string of the molecule is CNc1cc(NC2CCN(CCN)CC2)ncn1. The highest BCUT2D eigenvalue weighted by Gasteiger charge is 2.18. The summed E-state index contributed by atoms with van der Waals surface area (Å²) < 4.78 is 0. The highest BCUT2D eigenvalue weighted by molar-refractivity contribution is 5.46. The van der Waals surface area contributed by atoms with E-state index in [9.17, 15) is 0 Å². The van der Waals surface area contributed by atoms with Crippen molar-refractivity contribution in [1.82, 2.24) is 14.9 Å². The van der Waals surface area contributed by atoms with Gasteiger partial charge in [-0.15, -0.1) is 0 Å². The molecule has 0 atom stereocenters. The van der Waals surface area contributed by atoms with Crippen LogP contribution in [0, 0.1) is 0 Å². The number of anilines is 2. The van der Waals surface area contributed by atoms with Gasteiger partial charge in [-0.2, -0.15) is 0 Å². The van der Waals surface area contributed by atoms with Gasteiger partial charge >= 0.3 is 0 Å². The lowest BCUT2D eigenvalue weighted by Crippen LogP contribution is -2.41. The van der Waals surface area contributed by atoms with Gasteiger partial charge in [0.2, 0.25) is 0 Å². The number of nitrogens with one attached hydrogen (secondary N) is 2. The third-order valence-corrected chi connectivity index (χ3v) is 3.31. The molecule has 6 nitrogen and oxygen atoms in total. The summed E-state index contributed by atoms with van der Waals surface area (Å²) in [6.07, 6.45) is 3.86. The van der Waals surface area contributed by atoms with Crippen molar-refractivity contribution in [1.29, 1.82) is 0 Å². The molecule has 0 spiro atoms. The van der Waals surface area contributed by atoms with E-state index in [0.29, 0.717) is 6.04 Å². The normalized spacial score (nSPS) is 17.7. The largest absolute Gasteiger partial charge is 0.373 e. The molecule has 1 aromatic heterocycles. The molecule has 6 heteroatoms. The summed E-state index contributed by atoms with van der Waals surface area (Å²) in [5, 5.41) is 6.48. The Morgan fingerprint density at radius 2 is 2.06 bits per heavy atom. The van der Waals surface area contributed by atoms with Crippen LogP contribution in [0.2, 0.25) is 0 Å². The van der Waals surface area contributed by atoms with Gasteiger partial charge in [-0.25, -0.2) is 9.97 Å². The molecule has 1 aliphatic heterocycles. The van der Waals surface area contributed by atoms with Gasteiger partial charge in [-0.3, -0.25) is 0 Å². The van der Waals surface area contributed by atoms with Crippen LogP contribution < -0.4 is 16.4 Å². The summed E-state index contributed by atoms with van der Waals surface area (Å²) in [5.74, 6) is 1.74. The monoisotopic (exact) mass is 250 g/mol. The molecule has 0 bridgehead atoms. The summed E-state index contributed by atoms with van der Waals surface area (Å²) in [6, 6.07) is 2.44. The third-order valence-electron chi connectivity index (χ3n) is 3.31. The van der Waals surface area contributed by atoms with E-state index in [0.717, 1.165) is 50.7 Å². The molecule has 4 N–H and O–H groups in total. The first kappa shape index (κ1) is 13.0. The van der Waals surface area contributed by atoms with Crippen molar-refractivity contribution in [2.24, 2.45) is 5.73 Å². The van der Waals surface area contributed by atoms with E-state index in [1.54, 1.807) is 6.33 Å². The van der Waals surface area contributed by atoms with Gasteiger partial charge in [0.05, 0.1) is 0 Å². The number of nitrogens with zero attached hydrogens (tertiary/aromatic N) is 3. The molecule has 0 unspecified atom stereocenters. The molecular weight excluding hydrogens is 228 g/mol. The molecule has 18 heavy (non-hydrogen) atoms. The van der Waals surface area contributed by atoms with Gasteiger partial charge < -0.3 is 21.3 Å². The Labute approximate surface area is 108 Å². The van der Waals surface area contributed by atoms with Gasteiger partial charge in [0.15, 0.2) is 0 Å². The molecule has 0 aromatic carbocycles. The van der Waals surface area contributed by atoms with E-state index in [2.05, 4.69) is 25.5 Å².